The summed E-state index contributed by atoms with van der Waals surface area (Å²) < 4.78 is 9.39. The summed E-state index contributed by atoms with van der Waals surface area (Å²) in [5, 5.41) is 0.670. The molecule has 0 saturated heterocycles. The first-order valence-electron chi connectivity index (χ1n) is 11.1. The molecular formula is C25H24N4O3S7. The first-order valence-corrected chi connectivity index (χ1v) is 14.4. The number of aromatic nitrogens is 2. The van der Waals surface area contributed by atoms with Gasteiger partial charge >= 0.3 is 0 Å². The number of hydrogen-bond acceptors (Lipinski definition) is 13. The van der Waals surface area contributed by atoms with Crippen LogP contribution in [0.1, 0.15) is 5.56 Å². The van der Waals surface area contributed by atoms with Gasteiger partial charge in [0.1, 0.15) is 5.75 Å². The number of nitrogen functional groups attached to an aromatic ring is 1. The molecule has 14 heteroatoms. The van der Waals surface area contributed by atoms with E-state index in [1.165, 1.54) is 4.57 Å². The van der Waals surface area contributed by atoms with E-state index in [-0.39, 0.29) is 11.4 Å². The Labute approximate surface area is 263 Å². The van der Waals surface area contributed by atoms with Crippen molar-refractivity contribution in [1.82, 2.24) is 9.55 Å². The fourth-order valence-electron chi connectivity index (χ4n) is 3.67. The van der Waals surface area contributed by atoms with Crippen LogP contribution < -0.4 is 20.8 Å². The third-order valence-corrected chi connectivity index (χ3v) is 8.58. The minimum absolute atomic E-state index is 0.136. The Hall–Kier alpha value is -1.68. The average Bonchev–Trinajstić information content (AvgIpc) is 2.85. The lowest BCUT2D eigenvalue weighted by Gasteiger charge is -2.33. The van der Waals surface area contributed by atoms with Crippen LogP contribution in [0.25, 0.3) is 27.8 Å². The van der Waals surface area contributed by atoms with Gasteiger partial charge in [0.05, 0.1) is 5.69 Å². The van der Waals surface area contributed by atoms with Gasteiger partial charge in [0, 0.05) is 41.5 Å². The van der Waals surface area contributed by atoms with E-state index < -0.39 is 12.4 Å². The van der Waals surface area contributed by atoms with Gasteiger partial charge in [-0.3, -0.25) is 14.4 Å². The maximum atomic E-state index is 14.1. The second-order valence-corrected chi connectivity index (χ2v) is 14.3. The summed E-state index contributed by atoms with van der Waals surface area (Å²) in [6.07, 6.45) is 1.64. The van der Waals surface area contributed by atoms with Gasteiger partial charge in [0.25, 0.3) is 5.56 Å². The molecule has 7 nitrogen and oxygen atoms in total. The molecule has 0 unspecified atom stereocenters. The molecule has 2 aromatic carbocycles. The Kier molecular flexibility index (Phi) is 9.36. The van der Waals surface area contributed by atoms with Crippen molar-refractivity contribution >= 4 is 111 Å². The van der Waals surface area contributed by atoms with Gasteiger partial charge in [-0.05, 0) is 54.1 Å². The average molecular weight is 653 g/mol. The highest BCUT2D eigenvalue weighted by Gasteiger charge is 2.41. The molecule has 0 amide bonds. The number of pyridine rings is 2. The molecule has 39 heavy (non-hydrogen) atoms. The molecule has 2 N–H and O–H groups in total. The summed E-state index contributed by atoms with van der Waals surface area (Å²) in [4.78, 5) is 22.7. The number of benzene rings is 2. The summed E-state index contributed by atoms with van der Waals surface area (Å²) in [6, 6.07) is 17.4. The van der Waals surface area contributed by atoms with E-state index in [1.807, 2.05) is 6.07 Å². The quantitative estimate of drug-likeness (QED) is 0.0555. The first kappa shape index (κ1) is 30.3. The van der Waals surface area contributed by atoms with Gasteiger partial charge in [0.2, 0.25) is 10.1 Å². The van der Waals surface area contributed by atoms with Crippen molar-refractivity contribution in [3.8, 4) is 28.4 Å². The van der Waals surface area contributed by atoms with Gasteiger partial charge in [-0.2, -0.15) is 4.98 Å². The van der Waals surface area contributed by atoms with E-state index in [9.17, 15) is 4.79 Å². The van der Waals surface area contributed by atoms with Gasteiger partial charge in [0.15, 0.2) is 13.8 Å². The van der Waals surface area contributed by atoms with Crippen molar-refractivity contribution in [3.63, 3.8) is 0 Å². The minimum atomic E-state index is -1.52. The molecule has 0 aliphatic carbocycles. The number of thiol groups is 7. The molecule has 0 aliphatic heterocycles. The zero-order chi connectivity index (χ0) is 28.5. The number of rotatable bonds is 8. The Balaban J connectivity index is 1.96. The SMILES string of the molecule is CN=Cc1cc(-c2cc3ccc(OC(S)(S)C(S)(S)S)nc3n(-c3ccc(OC(S)S)cc3)c2=O)ccc1N. The maximum Gasteiger partial charge on any atom is 0.264 e. The number of ether oxygens (including phenoxy) is 2. The van der Waals surface area contributed by atoms with Crippen LogP contribution in [-0.4, -0.2) is 35.3 Å². The molecule has 2 aromatic heterocycles. The zero-order valence-corrected chi connectivity index (χ0v) is 26.5. The van der Waals surface area contributed by atoms with Crippen LogP contribution >= 0.6 is 88.4 Å². The second-order valence-electron chi connectivity index (χ2n) is 8.28. The van der Waals surface area contributed by atoms with Crippen molar-refractivity contribution < 1.29 is 9.47 Å². The Morgan fingerprint density at radius 1 is 1.00 bits per heavy atom. The Morgan fingerprint density at radius 2 is 1.69 bits per heavy atom. The van der Waals surface area contributed by atoms with Crippen molar-refractivity contribution in [2.75, 3.05) is 12.8 Å². The smallest absolute Gasteiger partial charge is 0.264 e. The fourth-order valence-corrected chi connectivity index (χ4v) is 4.24. The summed E-state index contributed by atoms with van der Waals surface area (Å²) in [6.45, 7) is 0. The van der Waals surface area contributed by atoms with Crippen molar-refractivity contribution in [3.05, 3.63) is 76.6 Å². The van der Waals surface area contributed by atoms with Crippen LogP contribution in [-0.2, 0) is 0 Å². The fraction of sp³-hybridized carbons (Fsp3) is 0.160. The van der Waals surface area contributed by atoms with Crippen LogP contribution in [0, 0.1) is 0 Å². The number of nitrogens with two attached hydrogens (primary N) is 1. The molecule has 0 spiro atoms. The number of hydrogen-bond donors (Lipinski definition) is 8. The van der Waals surface area contributed by atoms with E-state index in [2.05, 4.69) is 98.4 Å². The van der Waals surface area contributed by atoms with Crippen molar-refractivity contribution in [2.24, 2.45) is 4.99 Å². The van der Waals surface area contributed by atoms with Crippen LogP contribution in [0.15, 0.2) is 70.5 Å². The normalized spacial score (nSPS) is 12.4. The van der Waals surface area contributed by atoms with E-state index >= 15 is 0 Å². The second kappa shape index (κ2) is 12.0. The molecule has 0 fully saturated rings. The third kappa shape index (κ3) is 6.80. The molecule has 0 atom stereocenters. The summed E-state index contributed by atoms with van der Waals surface area (Å²) >= 11 is 29.9. The Morgan fingerprint density at radius 3 is 2.31 bits per heavy atom. The highest BCUT2D eigenvalue weighted by molar-refractivity contribution is 8.20. The molecule has 2 heterocycles. The zero-order valence-electron chi connectivity index (χ0n) is 20.2. The molecule has 0 saturated carbocycles. The van der Waals surface area contributed by atoms with Gasteiger partial charge in [-0.25, -0.2) is 0 Å². The van der Waals surface area contributed by atoms with Crippen LogP contribution in [0.4, 0.5) is 5.69 Å². The highest BCUT2D eigenvalue weighted by atomic mass is 32.2. The predicted octanol–water partition coefficient (Wildman–Crippen LogP) is 5.54. The van der Waals surface area contributed by atoms with Crippen LogP contribution in [0.2, 0.25) is 0 Å². The molecule has 4 aromatic rings. The number of fused-ring (bicyclic) bond motifs is 1. The van der Waals surface area contributed by atoms with E-state index in [0.717, 1.165) is 0 Å². The molecule has 0 bridgehead atoms. The lowest BCUT2D eigenvalue weighted by Crippen LogP contribution is -2.38. The third-order valence-electron chi connectivity index (χ3n) is 5.51. The highest BCUT2D eigenvalue weighted by Crippen LogP contribution is 2.45. The summed E-state index contributed by atoms with van der Waals surface area (Å²) in [5.41, 5.74) is 9.01. The lowest BCUT2D eigenvalue weighted by molar-refractivity contribution is 0.262. The van der Waals surface area contributed by atoms with Crippen molar-refractivity contribution in [1.29, 1.82) is 0 Å². The number of nitrogens with zero attached hydrogens (tertiary/aromatic N) is 3. The standard InChI is InChI=1S/C25H24N4O3S7/c1-27-12-15-10-13(2-8-19(15)26)18-11-14-3-9-20(32-24(35,36)25(37,38)39)28-21(14)29(22(18)30)16-4-6-17(7-5-16)31-23(33)34/h2-12,23,33-39H,26H2,1H3. The van der Waals surface area contributed by atoms with Gasteiger partial charge < -0.3 is 15.2 Å². The van der Waals surface area contributed by atoms with E-state index in [0.29, 0.717) is 44.8 Å². The number of aliphatic imine (C=N–C) groups is 1. The summed E-state index contributed by atoms with van der Waals surface area (Å²) in [7, 11) is 1.65. The molecule has 4 rings (SSSR count). The van der Waals surface area contributed by atoms with Gasteiger partial charge in [-0.15, -0.1) is 88.4 Å². The van der Waals surface area contributed by atoms with E-state index in [1.54, 1.807) is 67.9 Å². The van der Waals surface area contributed by atoms with Crippen LogP contribution in [0.5, 0.6) is 11.6 Å². The summed E-state index contributed by atoms with van der Waals surface area (Å²) in [5.74, 6) is 0.667. The Bertz CT molecular complexity index is 1600. The van der Waals surface area contributed by atoms with E-state index in [4.69, 9.17) is 15.2 Å². The number of anilines is 1. The van der Waals surface area contributed by atoms with Crippen LogP contribution in [0.3, 0.4) is 0 Å². The van der Waals surface area contributed by atoms with Gasteiger partial charge in [-0.1, -0.05) is 6.07 Å². The maximum absolute atomic E-state index is 14.1. The molecule has 0 aliphatic rings. The monoisotopic (exact) mass is 652 g/mol. The first-order chi connectivity index (χ1) is 18.3. The van der Waals surface area contributed by atoms with Crippen molar-refractivity contribution in [2.45, 2.75) is 12.4 Å². The predicted molar refractivity (Wildman–Crippen MR) is 184 cm³/mol. The minimum Gasteiger partial charge on any atom is -0.470 e. The molecule has 0 radical (unpaired) electrons. The topological polar surface area (TPSA) is 91.7 Å². The largest absolute Gasteiger partial charge is 0.470 e. The molecular weight excluding hydrogens is 629 g/mol. The lowest BCUT2D eigenvalue weighted by atomic mass is 10.0. The molecule has 204 valence electrons.